The van der Waals surface area contributed by atoms with Gasteiger partial charge in [-0.05, 0) is 24.2 Å². The first-order chi connectivity index (χ1) is 14.0. The predicted octanol–water partition coefficient (Wildman–Crippen LogP) is 2.12. The number of carbonyl (C=O) groups excluding carboxylic acids is 3. The Kier molecular flexibility index (Phi) is 8.45. The summed E-state index contributed by atoms with van der Waals surface area (Å²) in [7, 11) is 2.04. The number of piperazine rings is 1. The number of esters is 1. The Balaban J connectivity index is 0.00000145. The molecular weight excluding hydrogens is 374 g/mol. The molecule has 1 fully saturated rings. The summed E-state index contributed by atoms with van der Waals surface area (Å²) in [4.78, 5) is 41.2. The summed E-state index contributed by atoms with van der Waals surface area (Å²) in [6.07, 6.45) is -0.448. The standard InChI is InChI=1S/C19H25N3O5.C2H6/c1-14(23)26-10-11-27-19(25)22-8-6-21(7-9-22)18(24)16-5-3-4-15-12-20(2)13-17(15)16;1-2/h3-5H,6-13H2,1-2H3;1-2H3. The highest BCUT2D eigenvalue weighted by atomic mass is 16.6. The van der Waals surface area contributed by atoms with Gasteiger partial charge in [-0.25, -0.2) is 4.79 Å². The summed E-state index contributed by atoms with van der Waals surface area (Å²) in [6, 6.07) is 5.89. The van der Waals surface area contributed by atoms with Crippen molar-refractivity contribution in [2.45, 2.75) is 33.9 Å². The lowest BCUT2D eigenvalue weighted by molar-refractivity contribution is -0.142. The van der Waals surface area contributed by atoms with Crippen LogP contribution in [-0.2, 0) is 27.4 Å². The Hall–Kier alpha value is -2.61. The van der Waals surface area contributed by atoms with Gasteiger partial charge in [-0.1, -0.05) is 26.0 Å². The number of benzene rings is 1. The molecule has 1 aromatic rings. The van der Waals surface area contributed by atoms with Crippen LogP contribution in [0.5, 0.6) is 0 Å². The Labute approximate surface area is 172 Å². The molecule has 2 heterocycles. The molecule has 2 aliphatic rings. The van der Waals surface area contributed by atoms with Gasteiger partial charge < -0.3 is 19.3 Å². The number of nitrogens with zero attached hydrogens (tertiary/aromatic N) is 3. The highest BCUT2D eigenvalue weighted by molar-refractivity contribution is 5.96. The molecule has 0 atom stereocenters. The van der Waals surface area contributed by atoms with E-state index in [0.717, 1.165) is 24.2 Å². The van der Waals surface area contributed by atoms with Gasteiger partial charge in [0.15, 0.2) is 0 Å². The van der Waals surface area contributed by atoms with E-state index in [-0.39, 0.29) is 19.1 Å². The molecule has 8 heteroatoms. The third-order valence-corrected chi connectivity index (χ3v) is 4.81. The summed E-state index contributed by atoms with van der Waals surface area (Å²) < 4.78 is 9.82. The van der Waals surface area contributed by atoms with E-state index in [9.17, 15) is 14.4 Å². The lowest BCUT2D eigenvalue weighted by Gasteiger charge is -2.34. The van der Waals surface area contributed by atoms with Crippen LogP contribution < -0.4 is 0 Å². The largest absolute Gasteiger partial charge is 0.462 e. The summed E-state index contributed by atoms with van der Waals surface area (Å²) in [6.45, 7) is 8.82. The number of rotatable bonds is 4. The van der Waals surface area contributed by atoms with Crippen molar-refractivity contribution < 1.29 is 23.9 Å². The lowest BCUT2D eigenvalue weighted by atomic mass is 10.0. The third kappa shape index (κ3) is 5.93. The number of fused-ring (bicyclic) bond motifs is 1. The van der Waals surface area contributed by atoms with Gasteiger partial charge in [0.25, 0.3) is 5.91 Å². The van der Waals surface area contributed by atoms with Crippen molar-refractivity contribution in [3.05, 3.63) is 34.9 Å². The first kappa shape index (κ1) is 22.7. The van der Waals surface area contributed by atoms with Gasteiger partial charge in [0.2, 0.25) is 0 Å². The van der Waals surface area contributed by atoms with Crippen molar-refractivity contribution in [3.63, 3.8) is 0 Å². The second-order valence-corrected chi connectivity index (χ2v) is 6.85. The van der Waals surface area contributed by atoms with Crippen LogP contribution in [0.4, 0.5) is 4.79 Å². The van der Waals surface area contributed by atoms with Crippen LogP contribution in [0.3, 0.4) is 0 Å². The highest BCUT2D eigenvalue weighted by Crippen LogP contribution is 2.26. The smallest absolute Gasteiger partial charge is 0.410 e. The molecule has 8 nitrogen and oxygen atoms in total. The number of ether oxygens (including phenoxy) is 2. The molecule has 0 saturated carbocycles. The molecule has 0 radical (unpaired) electrons. The fraction of sp³-hybridized carbons (Fsp3) is 0.571. The third-order valence-electron chi connectivity index (χ3n) is 4.81. The van der Waals surface area contributed by atoms with Crippen LogP contribution in [0, 0.1) is 0 Å². The van der Waals surface area contributed by atoms with Crippen LogP contribution in [0.15, 0.2) is 18.2 Å². The van der Waals surface area contributed by atoms with Crippen LogP contribution in [-0.4, -0.2) is 79.1 Å². The summed E-state index contributed by atoms with van der Waals surface area (Å²) in [5, 5.41) is 0. The van der Waals surface area contributed by atoms with E-state index in [2.05, 4.69) is 11.0 Å². The molecule has 0 spiro atoms. The summed E-state index contributed by atoms with van der Waals surface area (Å²) in [5.41, 5.74) is 3.07. The molecule has 0 aliphatic carbocycles. The van der Waals surface area contributed by atoms with Gasteiger partial charge in [-0.3, -0.25) is 14.5 Å². The van der Waals surface area contributed by atoms with E-state index >= 15 is 0 Å². The molecule has 0 bridgehead atoms. The molecule has 3 rings (SSSR count). The SMILES string of the molecule is CC.CC(=O)OCCOC(=O)N1CCN(C(=O)c2cccc3c2CN(C)C3)CC1. The number of amides is 2. The first-order valence-electron chi connectivity index (χ1n) is 10.1. The minimum atomic E-state index is -0.448. The van der Waals surface area contributed by atoms with E-state index < -0.39 is 12.1 Å². The molecule has 2 aliphatic heterocycles. The molecule has 29 heavy (non-hydrogen) atoms. The molecule has 1 saturated heterocycles. The quantitative estimate of drug-likeness (QED) is 0.564. The maximum absolute atomic E-state index is 12.9. The van der Waals surface area contributed by atoms with E-state index in [1.807, 2.05) is 33.0 Å². The molecule has 0 aromatic heterocycles. The average Bonchev–Trinajstić information content (AvgIpc) is 3.12. The number of carbonyl (C=O) groups is 3. The first-order valence-corrected chi connectivity index (χ1v) is 10.1. The molecule has 0 unspecified atom stereocenters. The Bertz CT molecular complexity index is 729. The molecule has 160 valence electrons. The predicted molar refractivity (Wildman–Crippen MR) is 108 cm³/mol. The van der Waals surface area contributed by atoms with Gasteiger partial charge in [0.05, 0.1) is 0 Å². The van der Waals surface area contributed by atoms with Gasteiger partial charge in [0, 0.05) is 51.8 Å². The van der Waals surface area contributed by atoms with Crippen molar-refractivity contribution in [2.75, 3.05) is 46.4 Å². The zero-order chi connectivity index (χ0) is 21.4. The summed E-state index contributed by atoms with van der Waals surface area (Å²) in [5.74, 6) is -0.387. The van der Waals surface area contributed by atoms with Crippen LogP contribution >= 0.6 is 0 Å². The van der Waals surface area contributed by atoms with Crippen LogP contribution in [0.25, 0.3) is 0 Å². The molecule has 0 N–H and O–H groups in total. The minimum absolute atomic E-state index is 0.0185. The van der Waals surface area contributed by atoms with E-state index in [4.69, 9.17) is 9.47 Å². The maximum Gasteiger partial charge on any atom is 0.410 e. The van der Waals surface area contributed by atoms with Crippen LogP contribution in [0.1, 0.15) is 42.3 Å². The monoisotopic (exact) mass is 405 g/mol. The number of hydrogen-bond acceptors (Lipinski definition) is 6. The average molecular weight is 405 g/mol. The normalized spacial score (nSPS) is 15.9. The second-order valence-electron chi connectivity index (χ2n) is 6.85. The molecule has 1 aromatic carbocycles. The zero-order valence-electron chi connectivity index (χ0n) is 17.8. The topological polar surface area (TPSA) is 79.4 Å². The fourth-order valence-electron chi connectivity index (χ4n) is 3.45. The van der Waals surface area contributed by atoms with Gasteiger partial charge in [-0.2, -0.15) is 0 Å². The van der Waals surface area contributed by atoms with Gasteiger partial charge in [-0.15, -0.1) is 0 Å². The lowest BCUT2D eigenvalue weighted by Crippen LogP contribution is -2.51. The zero-order valence-corrected chi connectivity index (χ0v) is 17.8. The van der Waals surface area contributed by atoms with Crippen molar-refractivity contribution in [1.82, 2.24) is 14.7 Å². The Morgan fingerprint density at radius 3 is 2.21 bits per heavy atom. The van der Waals surface area contributed by atoms with Gasteiger partial charge >= 0.3 is 12.1 Å². The Morgan fingerprint density at radius 1 is 0.931 bits per heavy atom. The highest BCUT2D eigenvalue weighted by Gasteiger charge is 2.28. The van der Waals surface area contributed by atoms with E-state index in [1.54, 1.807) is 9.80 Å². The Morgan fingerprint density at radius 2 is 1.55 bits per heavy atom. The van der Waals surface area contributed by atoms with Crippen molar-refractivity contribution >= 4 is 18.0 Å². The fourth-order valence-corrected chi connectivity index (χ4v) is 3.45. The molecule has 2 amide bonds. The van der Waals surface area contributed by atoms with Gasteiger partial charge in [0.1, 0.15) is 13.2 Å². The van der Waals surface area contributed by atoms with Crippen LogP contribution in [0.2, 0.25) is 0 Å². The minimum Gasteiger partial charge on any atom is -0.462 e. The summed E-state index contributed by atoms with van der Waals surface area (Å²) >= 11 is 0. The molecular formula is C21H31N3O5. The maximum atomic E-state index is 12.9. The number of hydrogen-bond donors (Lipinski definition) is 0. The van der Waals surface area contributed by atoms with Crippen molar-refractivity contribution in [3.8, 4) is 0 Å². The van der Waals surface area contributed by atoms with Crippen molar-refractivity contribution in [2.24, 2.45) is 0 Å². The van der Waals surface area contributed by atoms with E-state index in [0.29, 0.717) is 26.2 Å². The second kappa shape index (κ2) is 10.8. The van der Waals surface area contributed by atoms with E-state index in [1.165, 1.54) is 12.5 Å². The van der Waals surface area contributed by atoms with Crippen molar-refractivity contribution in [1.29, 1.82) is 0 Å².